The molecule has 3 N–H and O–H groups in total. The van der Waals surface area contributed by atoms with Gasteiger partial charge in [-0.25, -0.2) is 0 Å². The third-order valence-corrected chi connectivity index (χ3v) is 3.57. The molecule has 118 valence electrons. The van der Waals surface area contributed by atoms with Crippen molar-refractivity contribution in [3.8, 4) is 0 Å². The fraction of sp³-hybridized carbons (Fsp3) is 0.588. The second-order valence-corrected chi connectivity index (χ2v) is 5.85. The van der Waals surface area contributed by atoms with Crippen LogP contribution in [-0.4, -0.2) is 24.5 Å². The number of amides is 1. The first kappa shape index (κ1) is 17.5. The second kappa shape index (κ2) is 8.67. The SMILES string of the molecule is CCCC(C)NC(=O)CN(c1ccc(CN)cc1)C(C)C. The summed E-state index contributed by atoms with van der Waals surface area (Å²) in [5.74, 6) is 0.0764. The van der Waals surface area contributed by atoms with Crippen LogP contribution in [-0.2, 0) is 11.3 Å². The zero-order valence-corrected chi connectivity index (χ0v) is 13.7. The highest BCUT2D eigenvalue weighted by Gasteiger charge is 2.16. The maximum atomic E-state index is 12.2. The molecular formula is C17H29N3O. The zero-order chi connectivity index (χ0) is 15.8. The molecule has 0 aromatic heterocycles. The summed E-state index contributed by atoms with van der Waals surface area (Å²) in [6, 6.07) is 8.60. The van der Waals surface area contributed by atoms with Crippen LogP contribution in [0.15, 0.2) is 24.3 Å². The van der Waals surface area contributed by atoms with E-state index in [1.165, 1.54) is 0 Å². The summed E-state index contributed by atoms with van der Waals surface area (Å²) in [5.41, 5.74) is 7.78. The monoisotopic (exact) mass is 291 g/mol. The molecule has 1 aromatic rings. The molecule has 0 heterocycles. The van der Waals surface area contributed by atoms with E-state index in [-0.39, 0.29) is 18.0 Å². The molecule has 1 rings (SSSR count). The average Bonchev–Trinajstić information content (AvgIpc) is 2.45. The molecule has 0 aliphatic rings. The summed E-state index contributed by atoms with van der Waals surface area (Å²) < 4.78 is 0. The minimum atomic E-state index is 0.0764. The molecule has 21 heavy (non-hydrogen) atoms. The molecule has 0 aliphatic carbocycles. The van der Waals surface area contributed by atoms with E-state index in [2.05, 4.69) is 37.9 Å². The topological polar surface area (TPSA) is 58.4 Å². The zero-order valence-electron chi connectivity index (χ0n) is 13.7. The minimum absolute atomic E-state index is 0.0764. The van der Waals surface area contributed by atoms with Crippen LogP contribution in [0.4, 0.5) is 5.69 Å². The van der Waals surface area contributed by atoms with Crippen molar-refractivity contribution in [3.05, 3.63) is 29.8 Å². The fourth-order valence-electron chi connectivity index (χ4n) is 2.38. The molecule has 0 fully saturated rings. The average molecular weight is 291 g/mol. The lowest BCUT2D eigenvalue weighted by Gasteiger charge is -2.29. The van der Waals surface area contributed by atoms with Crippen molar-refractivity contribution in [1.82, 2.24) is 5.32 Å². The third kappa shape index (κ3) is 5.76. The summed E-state index contributed by atoms with van der Waals surface area (Å²) in [5, 5.41) is 3.06. The van der Waals surface area contributed by atoms with E-state index in [0.717, 1.165) is 24.1 Å². The van der Waals surface area contributed by atoms with Gasteiger partial charge in [-0.05, 0) is 44.9 Å². The molecule has 0 spiro atoms. The second-order valence-electron chi connectivity index (χ2n) is 5.85. The first-order chi connectivity index (χ1) is 9.97. The van der Waals surface area contributed by atoms with Gasteiger partial charge in [-0.15, -0.1) is 0 Å². The van der Waals surface area contributed by atoms with E-state index in [4.69, 9.17) is 5.73 Å². The Morgan fingerprint density at radius 3 is 2.33 bits per heavy atom. The first-order valence-corrected chi connectivity index (χ1v) is 7.82. The number of nitrogens with two attached hydrogens (primary N) is 1. The lowest BCUT2D eigenvalue weighted by Crippen LogP contribution is -2.43. The van der Waals surface area contributed by atoms with Gasteiger partial charge in [0.25, 0.3) is 0 Å². The summed E-state index contributed by atoms with van der Waals surface area (Å²) in [6.07, 6.45) is 2.09. The number of nitrogens with one attached hydrogen (secondary N) is 1. The Labute approximate surface area is 128 Å². The first-order valence-electron chi connectivity index (χ1n) is 7.82. The molecule has 0 radical (unpaired) electrons. The Hall–Kier alpha value is -1.55. The van der Waals surface area contributed by atoms with E-state index in [1.54, 1.807) is 0 Å². The molecule has 1 aromatic carbocycles. The summed E-state index contributed by atoms with van der Waals surface area (Å²) >= 11 is 0. The van der Waals surface area contributed by atoms with Gasteiger partial charge >= 0.3 is 0 Å². The molecule has 0 bridgehead atoms. The van der Waals surface area contributed by atoms with Gasteiger partial charge in [0.1, 0.15) is 0 Å². The Balaban J connectivity index is 2.70. The largest absolute Gasteiger partial charge is 0.360 e. The molecule has 0 aliphatic heterocycles. The number of anilines is 1. The van der Waals surface area contributed by atoms with Gasteiger partial charge in [0.2, 0.25) is 5.91 Å². The van der Waals surface area contributed by atoms with Crippen LogP contribution in [0.25, 0.3) is 0 Å². The minimum Gasteiger partial charge on any atom is -0.360 e. The molecular weight excluding hydrogens is 262 g/mol. The van der Waals surface area contributed by atoms with Crippen molar-refractivity contribution in [2.75, 3.05) is 11.4 Å². The fourth-order valence-corrected chi connectivity index (χ4v) is 2.38. The molecule has 1 unspecified atom stereocenters. The van der Waals surface area contributed by atoms with Gasteiger partial charge in [0.05, 0.1) is 6.54 Å². The van der Waals surface area contributed by atoms with E-state index >= 15 is 0 Å². The summed E-state index contributed by atoms with van der Waals surface area (Å²) in [7, 11) is 0. The number of hydrogen-bond acceptors (Lipinski definition) is 3. The lowest BCUT2D eigenvalue weighted by molar-refractivity contribution is -0.120. The Morgan fingerprint density at radius 1 is 1.24 bits per heavy atom. The van der Waals surface area contributed by atoms with E-state index < -0.39 is 0 Å². The van der Waals surface area contributed by atoms with Crippen molar-refractivity contribution in [3.63, 3.8) is 0 Å². The van der Waals surface area contributed by atoms with Gasteiger partial charge in [0.15, 0.2) is 0 Å². The molecule has 1 atom stereocenters. The van der Waals surface area contributed by atoms with Gasteiger partial charge < -0.3 is 16.0 Å². The number of rotatable bonds is 8. The van der Waals surface area contributed by atoms with Crippen molar-refractivity contribution in [1.29, 1.82) is 0 Å². The molecule has 4 nitrogen and oxygen atoms in total. The smallest absolute Gasteiger partial charge is 0.239 e. The van der Waals surface area contributed by atoms with Crippen molar-refractivity contribution >= 4 is 11.6 Å². The van der Waals surface area contributed by atoms with Crippen molar-refractivity contribution in [2.24, 2.45) is 5.73 Å². The molecule has 1 amide bonds. The van der Waals surface area contributed by atoms with Gasteiger partial charge in [0, 0.05) is 24.3 Å². The predicted octanol–water partition coefficient (Wildman–Crippen LogP) is 2.66. The van der Waals surface area contributed by atoms with Crippen LogP contribution < -0.4 is 16.0 Å². The van der Waals surface area contributed by atoms with Crippen LogP contribution in [0.2, 0.25) is 0 Å². The maximum Gasteiger partial charge on any atom is 0.239 e. The highest BCUT2D eigenvalue weighted by Crippen LogP contribution is 2.17. The van der Waals surface area contributed by atoms with Gasteiger partial charge in [-0.2, -0.15) is 0 Å². The number of hydrogen-bond donors (Lipinski definition) is 2. The van der Waals surface area contributed by atoms with Gasteiger partial charge in [-0.1, -0.05) is 25.5 Å². The standard InChI is InChI=1S/C17H29N3O/c1-5-6-14(4)19-17(21)12-20(13(2)3)16-9-7-15(11-18)8-10-16/h7-10,13-14H,5-6,11-12,18H2,1-4H3,(H,19,21). The molecule has 0 saturated heterocycles. The van der Waals surface area contributed by atoms with Crippen molar-refractivity contribution in [2.45, 2.75) is 59.2 Å². The highest BCUT2D eigenvalue weighted by atomic mass is 16.2. The van der Waals surface area contributed by atoms with Gasteiger partial charge in [-0.3, -0.25) is 4.79 Å². The Bertz CT molecular complexity index is 428. The Kier molecular flexibility index (Phi) is 7.23. The van der Waals surface area contributed by atoms with Crippen LogP contribution >= 0.6 is 0 Å². The van der Waals surface area contributed by atoms with E-state index in [0.29, 0.717) is 13.1 Å². The highest BCUT2D eigenvalue weighted by molar-refractivity contribution is 5.81. The van der Waals surface area contributed by atoms with Crippen LogP contribution in [0.5, 0.6) is 0 Å². The molecule has 0 saturated carbocycles. The maximum absolute atomic E-state index is 12.2. The number of benzene rings is 1. The predicted molar refractivity (Wildman–Crippen MR) is 89.3 cm³/mol. The van der Waals surface area contributed by atoms with Crippen molar-refractivity contribution < 1.29 is 4.79 Å². The molecule has 4 heteroatoms. The Morgan fingerprint density at radius 2 is 1.86 bits per heavy atom. The quantitative estimate of drug-likeness (QED) is 0.774. The third-order valence-electron chi connectivity index (χ3n) is 3.57. The van der Waals surface area contributed by atoms with Crippen LogP contribution in [0, 0.1) is 0 Å². The number of nitrogens with zero attached hydrogens (tertiary/aromatic N) is 1. The van der Waals surface area contributed by atoms with E-state index in [9.17, 15) is 4.79 Å². The van der Waals surface area contributed by atoms with Crippen LogP contribution in [0.1, 0.15) is 46.1 Å². The van der Waals surface area contributed by atoms with Crippen LogP contribution in [0.3, 0.4) is 0 Å². The number of carbonyl (C=O) groups is 1. The van der Waals surface area contributed by atoms with E-state index in [1.807, 2.05) is 24.3 Å². The summed E-state index contributed by atoms with van der Waals surface area (Å²) in [4.78, 5) is 14.3. The normalized spacial score (nSPS) is 12.3. The lowest BCUT2D eigenvalue weighted by atomic mass is 10.1. The number of carbonyl (C=O) groups excluding carboxylic acids is 1. The summed E-state index contributed by atoms with van der Waals surface area (Å²) in [6.45, 7) is 9.29.